The van der Waals surface area contributed by atoms with Crippen molar-refractivity contribution in [2.24, 2.45) is 0 Å². The van der Waals surface area contributed by atoms with E-state index in [4.69, 9.17) is 23.1 Å². The molecule has 2 aromatic rings. The van der Waals surface area contributed by atoms with Gasteiger partial charge in [0.1, 0.15) is 0 Å². The molecule has 0 aromatic heterocycles. The molecule has 0 bridgehead atoms. The van der Waals surface area contributed by atoms with E-state index in [0.29, 0.717) is 11.1 Å². The minimum absolute atomic E-state index is 0.223. The third kappa shape index (κ3) is 4.88. The first-order valence-corrected chi connectivity index (χ1v) is 6.08. The quantitative estimate of drug-likeness (QED) is 0.835. The highest BCUT2D eigenvalue weighted by molar-refractivity contribution is 5.88. The fourth-order valence-electron chi connectivity index (χ4n) is 1.45. The van der Waals surface area contributed by atoms with Gasteiger partial charge in [-0.3, -0.25) is 0 Å². The molecule has 0 unspecified atom stereocenters. The number of terminal acetylenes is 2. The molecule has 0 aliphatic heterocycles. The Hall–Kier alpha value is -3.50. The lowest BCUT2D eigenvalue weighted by Gasteiger charge is -1.93. The maximum absolute atomic E-state index is 10.4. The SMILES string of the molecule is C#Cc1ccc(C(=O)O)cc1.C#Cc1cccc(C(=O)O)c1. The number of carbonyl (C=O) groups is 2. The Bertz CT molecular complexity index is 759. The number of carboxylic acid groups (broad SMARTS) is 2. The minimum Gasteiger partial charge on any atom is -0.478 e. The number of hydrogen-bond acceptors (Lipinski definition) is 2. The molecule has 0 radical (unpaired) electrons. The lowest BCUT2D eigenvalue weighted by atomic mass is 10.1. The van der Waals surface area contributed by atoms with Crippen LogP contribution in [0.15, 0.2) is 48.5 Å². The number of carboxylic acids is 2. The predicted molar refractivity (Wildman–Crippen MR) is 82.7 cm³/mol. The van der Waals surface area contributed by atoms with Gasteiger partial charge in [0.15, 0.2) is 0 Å². The normalized spacial score (nSPS) is 8.64. The number of hydrogen-bond donors (Lipinski definition) is 2. The van der Waals surface area contributed by atoms with Crippen LogP contribution < -0.4 is 0 Å². The van der Waals surface area contributed by atoms with Crippen molar-refractivity contribution in [2.75, 3.05) is 0 Å². The molecule has 2 N–H and O–H groups in total. The highest BCUT2D eigenvalue weighted by Gasteiger charge is 2.00. The van der Waals surface area contributed by atoms with E-state index < -0.39 is 11.9 Å². The fraction of sp³-hybridized carbons (Fsp3) is 0. The molecular formula is C18H12O4. The van der Waals surface area contributed by atoms with Gasteiger partial charge in [0, 0.05) is 11.1 Å². The van der Waals surface area contributed by atoms with Crippen molar-refractivity contribution in [3.63, 3.8) is 0 Å². The highest BCUT2D eigenvalue weighted by atomic mass is 16.4. The first kappa shape index (κ1) is 16.6. The summed E-state index contributed by atoms with van der Waals surface area (Å²) in [6, 6.07) is 12.4. The van der Waals surface area contributed by atoms with Gasteiger partial charge in [-0.1, -0.05) is 17.9 Å². The molecule has 0 saturated heterocycles. The van der Waals surface area contributed by atoms with Crippen LogP contribution in [0.4, 0.5) is 0 Å². The second kappa shape index (κ2) is 7.94. The molecule has 0 saturated carbocycles. The van der Waals surface area contributed by atoms with Gasteiger partial charge in [-0.15, -0.1) is 12.8 Å². The molecule has 0 amide bonds. The number of aromatic carboxylic acids is 2. The van der Waals surface area contributed by atoms with Crippen molar-refractivity contribution in [1.29, 1.82) is 0 Å². The van der Waals surface area contributed by atoms with Crippen LogP contribution in [0.5, 0.6) is 0 Å². The molecular weight excluding hydrogens is 280 g/mol. The first-order chi connectivity index (χ1) is 10.5. The molecule has 2 aromatic carbocycles. The molecule has 108 valence electrons. The fourth-order valence-corrected chi connectivity index (χ4v) is 1.45. The Morgan fingerprint density at radius 1 is 0.773 bits per heavy atom. The van der Waals surface area contributed by atoms with Gasteiger partial charge in [-0.2, -0.15) is 0 Å². The summed E-state index contributed by atoms with van der Waals surface area (Å²) in [7, 11) is 0. The van der Waals surface area contributed by atoms with Crippen molar-refractivity contribution in [1.82, 2.24) is 0 Å². The van der Waals surface area contributed by atoms with Crippen LogP contribution in [-0.2, 0) is 0 Å². The lowest BCUT2D eigenvalue weighted by molar-refractivity contribution is 0.0686. The Morgan fingerprint density at radius 2 is 1.32 bits per heavy atom. The van der Waals surface area contributed by atoms with Gasteiger partial charge in [0.25, 0.3) is 0 Å². The Kier molecular flexibility index (Phi) is 5.97. The topological polar surface area (TPSA) is 74.6 Å². The maximum atomic E-state index is 10.4. The first-order valence-electron chi connectivity index (χ1n) is 6.08. The summed E-state index contributed by atoms with van der Waals surface area (Å²) in [5, 5.41) is 17.0. The molecule has 0 spiro atoms. The van der Waals surface area contributed by atoms with Crippen LogP contribution in [0.2, 0.25) is 0 Å². The van der Waals surface area contributed by atoms with E-state index in [0.717, 1.165) is 0 Å². The van der Waals surface area contributed by atoms with Gasteiger partial charge < -0.3 is 10.2 Å². The molecule has 0 heterocycles. The van der Waals surface area contributed by atoms with Gasteiger partial charge in [-0.25, -0.2) is 9.59 Å². The van der Waals surface area contributed by atoms with Crippen molar-refractivity contribution < 1.29 is 19.8 Å². The third-order valence-electron chi connectivity index (χ3n) is 2.57. The highest BCUT2D eigenvalue weighted by Crippen LogP contribution is 2.03. The molecule has 0 aliphatic rings. The van der Waals surface area contributed by atoms with Crippen LogP contribution in [0.3, 0.4) is 0 Å². The summed E-state index contributed by atoms with van der Waals surface area (Å²) >= 11 is 0. The van der Waals surface area contributed by atoms with E-state index in [9.17, 15) is 9.59 Å². The van der Waals surface area contributed by atoms with E-state index in [2.05, 4.69) is 11.8 Å². The second-order valence-corrected chi connectivity index (χ2v) is 4.06. The van der Waals surface area contributed by atoms with Crippen molar-refractivity contribution in [3.05, 3.63) is 70.8 Å². The minimum atomic E-state index is -0.956. The molecule has 0 atom stereocenters. The van der Waals surface area contributed by atoms with Crippen molar-refractivity contribution >= 4 is 11.9 Å². The largest absolute Gasteiger partial charge is 0.478 e. The van der Waals surface area contributed by atoms with Crippen LogP contribution in [0, 0.1) is 24.7 Å². The van der Waals surface area contributed by atoms with E-state index in [1.54, 1.807) is 24.3 Å². The van der Waals surface area contributed by atoms with Gasteiger partial charge in [-0.05, 0) is 42.5 Å². The van der Waals surface area contributed by atoms with Gasteiger partial charge in [0.05, 0.1) is 11.1 Å². The van der Waals surface area contributed by atoms with Gasteiger partial charge in [0.2, 0.25) is 0 Å². The second-order valence-electron chi connectivity index (χ2n) is 4.06. The molecule has 0 fully saturated rings. The zero-order valence-corrected chi connectivity index (χ0v) is 11.5. The third-order valence-corrected chi connectivity index (χ3v) is 2.57. The summed E-state index contributed by atoms with van der Waals surface area (Å²) in [6.07, 6.45) is 10.2. The van der Waals surface area contributed by atoms with E-state index >= 15 is 0 Å². The standard InChI is InChI=1S/2C9H6O2/c1-2-7-3-5-8(6-4-7)9(10)11;1-2-7-4-3-5-8(6-7)9(10)11/h2*1,3-6H,(H,10,11). The zero-order chi connectivity index (χ0) is 16.5. The Morgan fingerprint density at radius 3 is 1.77 bits per heavy atom. The summed E-state index contributed by atoms with van der Waals surface area (Å²) in [5.74, 6) is 2.87. The van der Waals surface area contributed by atoms with Crippen LogP contribution >= 0.6 is 0 Å². The summed E-state index contributed by atoms with van der Waals surface area (Å²) in [4.78, 5) is 20.7. The maximum Gasteiger partial charge on any atom is 0.335 e. The van der Waals surface area contributed by atoms with Crippen molar-refractivity contribution in [2.45, 2.75) is 0 Å². The van der Waals surface area contributed by atoms with E-state index in [1.807, 2.05) is 0 Å². The lowest BCUT2D eigenvalue weighted by Crippen LogP contribution is -1.95. The number of rotatable bonds is 2. The van der Waals surface area contributed by atoms with E-state index in [1.165, 1.54) is 24.3 Å². The predicted octanol–water partition coefficient (Wildman–Crippen LogP) is 2.73. The summed E-state index contributed by atoms with van der Waals surface area (Å²) < 4.78 is 0. The average Bonchev–Trinajstić information content (AvgIpc) is 2.55. The molecule has 2 rings (SSSR count). The Labute approximate surface area is 128 Å². The van der Waals surface area contributed by atoms with Crippen LogP contribution in [0.25, 0.3) is 0 Å². The van der Waals surface area contributed by atoms with Crippen LogP contribution in [-0.4, -0.2) is 22.2 Å². The average molecular weight is 292 g/mol. The molecule has 4 nitrogen and oxygen atoms in total. The van der Waals surface area contributed by atoms with Crippen molar-refractivity contribution in [3.8, 4) is 24.7 Å². The smallest absolute Gasteiger partial charge is 0.335 e. The summed E-state index contributed by atoms with van der Waals surface area (Å²) in [6.45, 7) is 0. The zero-order valence-electron chi connectivity index (χ0n) is 11.5. The van der Waals surface area contributed by atoms with E-state index in [-0.39, 0.29) is 11.1 Å². The number of benzene rings is 2. The monoisotopic (exact) mass is 292 g/mol. The Balaban J connectivity index is 0.000000220. The molecule has 22 heavy (non-hydrogen) atoms. The van der Waals surface area contributed by atoms with Gasteiger partial charge >= 0.3 is 11.9 Å². The summed E-state index contributed by atoms with van der Waals surface area (Å²) in [5.41, 5.74) is 1.75. The molecule has 4 heteroatoms. The van der Waals surface area contributed by atoms with Crippen LogP contribution in [0.1, 0.15) is 31.8 Å². The molecule has 0 aliphatic carbocycles.